The van der Waals surface area contributed by atoms with E-state index < -0.39 is 28.0 Å². The highest BCUT2D eigenvalue weighted by Crippen LogP contribution is 2.32. The second-order valence-corrected chi connectivity index (χ2v) is 11.2. The SMILES string of the molecule is COCC(C)n1c(C)nc2c(F)cc(-c3nc(N[C@@H]4CCN(S(C)(=O)=O)C[C@H]4O)ncc3Cl)cc21. The van der Waals surface area contributed by atoms with Crippen LogP contribution in [0.2, 0.25) is 5.02 Å². The number of anilines is 1. The van der Waals surface area contributed by atoms with Gasteiger partial charge in [-0.15, -0.1) is 0 Å². The van der Waals surface area contributed by atoms with E-state index in [1.807, 2.05) is 18.4 Å². The zero-order valence-corrected chi connectivity index (χ0v) is 21.4. The van der Waals surface area contributed by atoms with Crippen LogP contribution in [0.4, 0.5) is 10.3 Å². The number of nitrogens with zero attached hydrogens (tertiary/aromatic N) is 5. The van der Waals surface area contributed by atoms with Crippen LogP contribution in [0, 0.1) is 12.7 Å². The highest BCUT2D eigenvalue weighted by atomic mass is 35.5. The summed E-state index contributed by atoms with van der Waals surface area (Å²) >= 11 is 6.39. The molecule has 1 aliphatic rings. The van der Waals surface area contributed by atoms with Crippen molar-refractivity contribution in [2.45, 2.75) is 38.5 Å². The number of aryl methyl sites for hydroxylation is 1. The maximum absolute atomic E-state index is 15.1. The third-order valence-corrected chi connectivity index (χ3v) is 7.67. The number of hydrogen-bond acceptors (Lipinski definition) is 8. The van der Waals surface area contributed by atoms with Gasteiger partial charge in [-0.2, -0.15) is 4.31 Å². The first-order chi connectivity index (χ1) is 16.5. The number of fused-ring (bicyclic) bond motifs is 1. The Balaban J connectivity index is 1.66. The van der Waals surface area contributed by atoms with Gasteiger partial charge in [0.1, 0.15) is 11.3 Å². The second-order valence-electron chi connectivity index (χ2n) is 8.78. The van der Waals surface area contributed by atoms with Crippen LogP contribution in [0.15, 0.2) is 18.3 Å². The number of aromatic nitrogens is 4. The zero-order valence-electron chi connectivity index (χ0n) is 19.9. The van der Waals surface area contributed by atoms with Crippen LogP contribution in [0.1, 0.15) is 25.2 Å². The van der Waals surface area contributed by atoms with E-state index in [4.69, 9.17) is 16.3 Å². The van der Waals surface area contributed by atoms with Crippen molar-refractivity contribution in [3.63, 3.8) is 0 Å². The highest BCUT2D eigenvalue weighted by molar-refractivity contribution is 7.88. The minimum absolute atomic E-state index is 0.0260. The third-order valence-electron chi connectivity index (χ3n) is 6.12. The van der Waals surface area contributed by atoms with E-state index in [1.54, 1.807) is 13.2 Å². The lowest BCUT2D eigenvalue weighted by molar-refractivity contribution is 0.0950. The smallest absolute Gasteiger partial charge is 0.223 e. The van der Waals surface area contributed by atoms with Gasteiger partial charge in [-0.25, -0.2) is 27.8 Å². The molecule has 3 atom stereocenters. The van der Waals surface area contributed by atoms with Gasteiger partial charge < -0.3 is 19.7 Å². The molecule has 1 aliphatic heterocycles. The minimum Gasteiger partial charge on any atom is -0.390 e. The molecule has 0 aliphatic carbocycles. The van der Waals surface area contributed by atoms with Crippen LogP contribution in [-0.4, -0.2) is 82.6 Å². The molecule has 1 saturated heterocycles. The van der Waals surface area contributed by atoms with Crippen molar-refractivity contribution in [1.82, 2.24) is 23.8 Å². The Morgan fingerprint density at radius 3 is 2.77 bits per heavy atom. The molecule has 0 radical (unpaired) electrons. The Hall–Kier alpha value is -2.38. The first-order valence-electron chi connectivity index (χ1n) is 11.1. The first kappa shape index (κ1) is 25.7. The molecule has 35 heavy (non-hydrogen) atoms. The van der Waals surface area contributed by atoms with Gasteiger partial charge in [-0.1, -0.05) is 11.6 Å². The molecule has 0 saturated carbocycles. The van der Waals surface area contributed by atoms with Gasteiger partial charge in [0.15, 0.2) is 5.82 Å². The fourth-order valence-electron chi connectivity index (χ4n) is 4.45. The number of benzene rings is 1. The lowest BCUT2D eigenvalue weighted by Crippen LogP contribution is -2.51. The van der Waals surface area contributed by atoms with Crippen LogP contribution in [0.3, 0.4) is 0 Å². The topological polar surface area (TPSA) is 122 Å². The largest absolute Gasteiger partial charge is 0.390 e. The van der Waals surface area contributed by atoms with E-state index in [-0.39, 0.29) is 35.6 Å². The van der Waals surface area contributed by atoms with E-state index >= 15 is 4.39 Å². The molecule has 1 fully saturated rings. The van der Waals surface area contributed by atoms with Gasteiger partial charge in [0.25, 0.3) is 0 Å². The van der Waals surface area contributed by atoms with E-state index in [0.29, 0.717) is 35.6 Å². The Morgan fingerprint density at radius 1 is 1.37 bits per heavy atom. The van der Waals surface area contributed by atoms with Crippen molar-refractivity contribution in [2.75, 3.05) is 38.4 Å². The van der Waals surface area contributed by atoms with Crippen LogP contribution < -0.4 is 5.32 Å². The van der Waals surface area contributed by atoms with Gasteiger partial charge >= 0.3 is 0 Å². The van der Waals surface area contributed by atoms with Crippen molar-refractivity contribution >= 4 is 38.6 Å². The van der Waals surface area contributed by atoms with Gasteiger partial charge in [-0.05, 0) is 32.4 Å². The van der Waals surface area contributed by atoms with Crippen LogP contribution >= 0.6 is 11.6 Å². The summed E-state index contributed by atoms with van der Waals surface area (Å²) in [6, 6.07) is 2.58. The lowest BCUT2D eigenvalue weighted by atomic mass is 10.0. The Morgan fingerprint density at radius 2 is 2.11 bits per heavy atom. The average molecular weight is 527 g/mol. The maximum Gasteiger partial charge on any atom is 0.223 e. The number of sulfonamides is 1. The fraction of sp³-hybridized carbons (Fsp3) is 0.500. The summed E-state index contributed by atoms with van der Waals surface area (Å²) in [5.41, 5.74) is 1.61. The van der Waals surface area contributed by atoms with Crippen molar-refractivity contribution in [3.8, 4) is 11.3 Å². The van der Waals surface area contributed by atoms with Gasteiger partial charge in [0, 0.05) is 25.8 Å². The molecule has 0 spiro atoms. The zero-order chi connectivity index (χ0) is 25.5. The van der Waals surface area contributed by atoms with Crippen molar-refractivity contribution in [3.05, 3.63) is 35.0 Å². The van der Waals surface area contributed by atoms with Gasteiger partial charge in [0.05, 0.1) is 53.5 Å². The molecular formula is C22H28ClFN6O4S. The molecule has 2 N–H and O–H groups in total. The van der Waals surface area contributed by atoms with E-state index in [2.05, 4.69) is 20.3 Å². The van der Waals surface area contributed by atoms with E-state index in [9.17, 15) is 13.5 Å². The predicted octanol–water partition coefficient (Wildman–Crippen LogP) is 2.61. The number of aliphatic hydroxyl groups excluding tert-OH is 1. The molecule has 10 nitrogen and oxygen atoms in total. The minimum atomic E-state index is -3.39. The molecule has 1 unspecified atom stereocenters. The molecule has 0 amide bonds. The second kappa shape index (κ2) is 9.94. The molecule has 1 aromatic carbocycles. The molecule has 13 heteroatoms. The summed E-state index contributed by atoms with van der Waals surface area (Å²) in [6.07, 6.45) is 1.94. The normalized spacial score (nSPS) is 20.3. The molecule has 4 rings (SSSR count). The number of imidazole rings is 1. The summed E-state index contributed by atoms with van der Waals surface area (Å²) in [6.45, 7) is 4.44. The molecule has 2 aromatic heterocycles. The number of halogens is 2. The number of methoxy groups -OCH3 is 1. The lowest BCUT2D eigenvalue weighted by Gasteiger charge is -2.34. The van der Waals surface area contributed by atoms with Crippen molar-refractivity contribution in [2.24, 2.45) is 0 Å². The van der Waals surface area contributed by atoms with Crippen LogP contribution in [0.5, 0.6) is 0 Å². The van der Waals surface area contributed by atoms with Gasteiger partial charge in [0.2, 0.25) is 16.0 Å². The number of piperidine rings is 1. The standard InChI is InChI=1S/C22H28ClFN6O4S/c1-12(11-34-3)30-13(2)26-21-16(24)7-14(8-18(21)30)20-15(23)9-25-22(28-20)27-17-5-6-29(10-19(17)31)35(4,32)33/h7-9,12,17,19,31H,5-6,10-11H2,1-4H3,(H,25,27,28)/t12?,17-,19-/m1/s1. The Kier molecular flexibility index (Phi) is 7.30. The molecule has 3 aromatic rings. The number of hydrogen-bond donors (Lipinski definition) is 2. The van der Waals surface area contributed by atoms with E-state index in [1.165, 1.54) is 16.6 Å². The third kappa shape index (κ3) is 5.26. The predicted molar refractivity (Wildman–Crippen MR) is 132 cm³/mol. The van der Waals surface area contributed by atoms with Crippen LogP contribution in [-0.2, 0) is 14.8 Å². The summed E-state index contributed by atoms with van der Waals surface area (Å²) in [5, 5.41) is 13.8. The van der Waals surface area contributed by atoms with Crippen molar-refractivity contribution in [1.29, 1.82) is 0 Å². The van der Waals surface area contributed by atoms with Gasteiger partial charge in [-0.3, -0.25) is 0 Å². The van der Waals surface area contributed by atoms with E-state index in [0.717, 1.165) is 6.26 Å². The Bertz CT molecular complexity index is 1350. The highest BCUT2D eigenvalue weighted by Gasteiger charge is 2.32. The molecular weight excluding hydrogens is 499 g/mol. The monoisotopic (exact) mass is 526 g/mol. The summed E-state index contributed by atoms with van der Waals surface area (Å²) < 4.78 is 47.0. The molecule has 3 heterocycles. The van der Waals surface area contributed by atoms with Crippen molar-refractivity contribution < 1.29 is 22.7 Å². The number of nitrogens with one attached hydrogen (secondary N) is 1. The summed E-state index contributed by atoms with van der Waals surface area (Å²) in [7, 11) is -1.79. The average Bonchev–Trinajstić information content (AvgIpc) is 3.12. The Labute approximate surface area is 208 Å². The molecule has 190 valence electrons. The number of ether oxygens (including phenoxy) is 1. The number of β-amino-alcohol motifs (C(OH)–C–C–N with tert-alkyl or cyclic N) is 1. The van der Waals surface area contributed by atoms with Crippen LogP contribution in [0.25, 0.3) is 22.3 Å². The number of aliphatic hydroxyl groups is 1. The fourth-order valence-corrected chi connectivity index (χ4v) is 5.52. The summed E-state index contributed by atoms with van der Waals surface area (Å²) in [5.74, 6) is 0.349. The summed E-state index contributed by atoms with van der Waals surface area (Å²) in [4.78, 5) is 13.1. The number of rotatable bonds is 7. The molecule has 0 bridgehead atoms. The first-order valence-corrected chi connectivity index (χ1v) is 13.3. The maximum atomic E-state index is 15.1. The quantitative estimate of drug-likeness (QED) is 0.481.